The van der Waals surface area contributed by atoms with Crippen LogP contribution < -0.4 is 5.73 Å². The average molecular weight is 295 g/mol. The minimum absolute atomic E-state index is 0.110. The van der Waals surface area contributed by atoms with Crippen LogP contribution in [0.25, 0.3) is 0 Å². The van der Waals surface area contributed by atoms with Crippen LogP contribution in [-0.2, 0) is 0 Å². The molecule has 2 atom stereocenters. The summed E-state index contributed by atoms with van der Waals surface area (Å²) in [5, 5.41) is 0.366. The Balaban J connectivity index is 1.84. The molecule has 2 saturated heterocycles. The molecule has 0 aromatic carbocycles. The Hall–Kier alpha value is -1.33. The van der Waals surface area contributed by atoms with E-state index in [9.17, 15) is 4.79 Å². The van der Waals surface area contributed by atoms with E-state index >= 15 is 0 Å². The molecule has 2 fully saturated rings. The summed E-state index contributed by atoms with van der Waals surface area (Å²) >= 11 is 6.09. The number of amides is 1. The van der Waals surface area contributed by atoms with Crippen molar-refractivity contribution >= 4 is 23.3 Å². The van der Waals surface area contributed by atoms with Crippen molar-refractivity contribution in [2.24, 2.45) is 0 Å². The first-order valence-corrected chi connectivity index (χ1v) is 7.41. The molecule has 0 aliphatic carbocycles. The van der Waals surface area contributed by atoms with Crippen molar-refractivity contribution in [2.75, 3.05) is 25.4 Å². The van der Waals surface area contributed by atoms with Gasteiger partial charge in [0, 0.05) is 25.2 Å². The molecule has 0 spiro atoms. The first-order chi connectivity index (χ1) is 9.56. The summed E-state index contributed by atoms with van der Waals surface area (Å²) in [7, 11) is 0. The van der Waals surface area contributed by atoms with Crippen LogP contribution in [0, 0.1) is 0 Å². The summed E-state index contributed by atoms with van der Waals surface area (Å²) < 4.78 is 0. The molecule has 3 heterocycles. The van der Waals surface area contributed by atoms with Crippen LogP contribution in [0.1, 0.15) is 30.3 Å². The van der Waals surface area contributed by atoms with Gasteiger partial charge in [0.1, 0.15) is 11.5 Å². The van der Waals surface area contributed by atoms with Crippen LogP contribution in [0.15, 0.2) is 12.1 Å². The number of nitrogens with zero attached hydrogens (tertiary/aromatic N) is 3. The molecule has 108 valence electrons. The summed E-state index contributed by atoms with van der Waals surface area (Å²) in [5.74, 6) is 0.214. The third-order valence-corrected chi connectivity index (χ3v) is 4.57. The summed E-state index contributed by atoms with van der Waals surface area (Å²) in [6, 6.07) is 3.90. The first kappa shape index (κ1) is 13.6. The zero-order chi connectivity index (χ0) is 14.3. The zero-order valence-corrected chi connectivity index (χ0v) is 12.3. The van der Waals surface area contributed by atoms with E-state index < -0.39 is 0 Å². The Morgan fingerprint density at radius 3 is 3.05 bits per heavy atom. The van der Waals surface area contributed by atoms with Gasteiger partial charge in [-0.2, -0.15) is 0 Å². The molecular formula is C14H19ClN4O. The molecule has 2 unspecified atom stereocenters. The summed E-state index contributed by atoms with van der Waals surface area (Å²) in [6.07, 6.45) is 2.38. The van der Waals surface area contributed by atoms with Crippen molar-refractivity contribution < 1.29 is 4.79 Å². The maximum atomic E-state index is 12.7. The lowest BCUT2D eigenvalue weighted by molar-refractivity contribution is 0.0390. The number of anilines is 1. The number of nitrogen functional groups attached to an aromatic ring is 1. The van der Waals surface area contributed by atoms with Crippen LogP contribution in [0.3, 0.4) is 0 Å². The Kier molecular flexibility index (Phi) is 3.56. The maximum Gasteiger partial charge on any atom is 0.274 e. The van der Waals surface area contributed by atoms with Gasteiger partial charge >= 0.3 is 0 Å². The predicted octanol–water partition coefficient (Wildman–Crippen LogP) is 1.63. The van der Waals surface area contributed by atoms with Crippen LogP contribution in [0.4, 0.5) is 5.82 Å². The average Bonchev–Trinajstić information content (AvgIpc) is 2.87. The van der Waals surface area contributed by atoms with Gasteiger partial charge in [-0.15, -0.1) is 0 Å². The second-order valence-corrected chi connectivity index (χ2v) is 6.07. The zero-order valence-electron chi connectivity index (χ0n) is 11.6. The number of rotatable bonds is 1. The molecule has 3 rings (SSSR count). The maximum absolute atomic E-state index is 12.7. The van der Waals surface area contributed by atoms with E-state index in [-0.39, 0.29) is 17.6 Å². The smallest absolute Gasteiger partial charge is 0.274 e. The van der Waals surface area contributed by atoms with Gasteiger partial charge in [0.05, 0.1) is 5.02 Å². The number of fused-ring (bicyclic) bond motifs is 1. The number of halogens is 1. The predicted molar refractivity (Wildman–Crippen MR) is 78.8 cm³/mol. The summed E-state index contributed by atoms with van der Waals surface area (Å²) in [6.45, 7) is 4.91. The number of piperazine rings is 1. The highest BCUT2D eigenvalue weighted by atomic mass is 35.5. The van der Waals surface area contributed by atoms with Gasteiger partial charge in [-0.3, -0.25) is 9.69 Å². The van der Waals surface area contributed by atoms with Gasteiger partial charge < -0.3 is 10.6 Å². The van der Waals surface area contributed by atoms with Gasteiger partial charge in [-0.1, -0.05) is 11.6 Å². The molecule has 2 aliphatic rings. The SMILES string of the molecule is CC1CN2CCCC2CN1C(=O)c1nc(N)ccc1Cl. The highest BCUT2D eigenvalue weighted by Gasteiger charge is 2.37. The minimum Gasteiger partial charge on any atom is -0.384 e. The summed E-state index contributed by atoms with van der Waals surface area (Å²) in [5.41, 5.74) is 5.93. The van der Waals surface area contributed by atoms with E-state index in [2.05, 4.69) is 16.8 Å². The van der Waals surface area contributed by atoms with E-state index in [1.807, 2.05) is 4.90 Å². The van der Waals surface area contributed by atoms with Crippen molar-refractivity contribution in [3.63, 3.8) is 0 Å². The van der Waals surface area contributed by atoms with E-state index in [0.29, 0.717) is 16.9 Å². The van der Waals surface area contributed by atoms with E-state index in [1.165, 1.54) is 6.42 Å². The molecule has 20 heavy (non-hydrogen) atoms. The number of pyridine rings is 1. The van der Waals surface area contributed by atoms with Crippen LogP contribution >= 0.6 is 11.6 Å². The number of carbonyl (C=O) groups excluding carboxylic acids is 1. The molecule has 1 amide bonds. The third-order valence-electron chi connectivity index (χ3n) is 4.27. The molecule has 0 radical (unpaired) electrons. The van der Waals surface area contributed by atoms with Gasteiger partial charge in [-0.25, -0.2) is 4.98 Å². The highest BCUT2D eigenvalue weighted by molar-refractivity contribution is 6.33. The van der Waals surface area contributed by atoms with Crippen molar-refractivity contribution in [3.05, 3.63) is 22.8 Å². The quantitative estimate of drug-likeness (QED) is 0.855. The second kappa shape index (κ2) is 5.22. The number of hydrogen-bond acceptors (Lipinski definition) is 4. The third kappa shape index (κ3) is 2.36. The Morgan fingerprint density at radius 1 is 1.45 bits per heavy atom. The van der Waals surface area contributed by atoms with Crippen molar-refractivity contribution in [1.82, 2.24) is 14.8 Å². The summed E-state index contributed by atoms with van der Waals surface area (Å²) in [4.78, 5) is 21.1. The number of nitrogens with two attached hydrogens (primary N) is 1. The van der Waals surface area contributed by atoms with E-state index in [4.69, 9.17) is 17.3 Å². The molecule has 6 heteroatoms. The molecule has 1 aromatic rings. The second-order valence-electron chi connectivity index (χ2n) is 5.66. The standard InChI is InChI=1S/C14H19ClN4O/c1-9-7-18-6-2-3-10(18)8-19(9)14(20)13-11(15)4-5-12(16)17-13/h4-5,9-10H,2-3,6-8H2,1H3,(H2,16,17). The molecule has 0 bridgehead atoms. The normalized spacial score (nSPS) is 26.6. The van der Waals surface area contributed by atoms with Gasteiger partial charge in [0.2, 0.25) is 0 Å². The minimum atomic E-state index is -0.110. The number of carbonyl (C=O) groups is 1. The number of hydrogen-bond donors (Lipinski definition) is 1. The Labute approximate surface area is 123 Å². The lowest BCUT2D eigenvalue weighted by Gasteiger charge is -2.42. The van der Waals surface area contributed by atoms with Crippen LogP contribution in [-0.4, -0.2) is 52.4 Å². The Bertz CT molecular complexity index is 536. The van der Waals surface area contributed by atoms with Gasteiger partial charge in [0.25, 0.3) is 5.91 Å². The van der Waals surface area contributed by atoms with E-state index in [0.717, 1.165) is 26.1 Å². The van der Waals surface area contributed by atoms with Crippen LogP contribution in [0.2, 0.25) is 5.02 Å². The molecule has 1 aromatic heterocycles. The van der Waals surface area contributed by atoms with Crippen LogP contribution in [0.5, 0.6) is 0 Å². The largest absolute Gasteiger partial charge is 0.384 e. The first-order valence-electron chi connectivity index (χ1n) is 7.03. The van der Waals surface area contributed by atoms with E-state index in [1.54, 1.807) is 12.1 Å². The molecule has 2 N–H and O–H groups in total. The highest BCUT2D eigenvalue weighted by Crippen LogP contribution is 2.27. The lowest BCUT2D eigenvalue weighted by atomic mass is 10.1. The monoisotopic (exact) mass is 294 g/mol. The molecule has 0 saturated carbocycles. The lowest BCUT2D eigenvalue weighted by Crippen LogP contribution is -2.56. The molecule has 2 aliphatic heterocycles. The van der Waals surface area contributed by atoms with Crippen molar-refractivity contribution in [2.45, 2.75) is 31.8 Å². The fourth-order valence-electron chi connectivity index (χ4n) is 3.21. The number of aromatic nitrogens is 1. The van der Waals surface area contributed by atoms with Gasteiger partial charge in [-0.05, 0) is 38.4 Å². The fourth-order valence-corrected chi connectivity index (χ4v) is 3.40. The topological polar surface area (TPSA) is 62.5 Å². The van der Waals surface area contributed by atoms with Gasteiger partial charge in [0.15, 0.2) is 0 Å². The Morgan fingerprint density at radius 2 is 2.25 bits per heavy atom. The van der Waals surface area contributed by atoms with Crippen molar-refractivity contribution in [1.29, 1.82) is 0 Å². The fraction of sp³-hybridized carbons (Fsp3) is 0.571. The molecule has 5 nitrogen and oxygen atoms in total. The molecular weight excluding hydrogens is 276 g/mol. The van der Waals surface area contributed by atoms with Crippen molar-refractivity contribution in [3.8, 4) is 0 Å².